The zero-order valence-electron chi connectivity index (χ0n) is 15.4. The van der Waals surface area contributed by atoms with E-state index in [0.717, 1.165) is 13.0 Å². The Bertz CT molecular complexity index is 735. The summed E-state index contributed by atoms with van der Waals surface area (Å²) in [6, 6.07) is -1.34. The highest BCUT2D eigenvalue weighted by atomic mass is 19.4. The number of alkyl halides is 5. The van der Waals surface area contributed by atoms with Gasteiger partial charge in [0.1, 0.15) is 12.6 Å². The Kier molecular flexibility index (Phi) is 5.64. The minimum Gasteiger partial charge on any atom is -0.482 e. The van der Waals surface area contributed by atoms with Crippen molar-refractivity contribution in [3.05, 3.63) is 16.4 Å². The van der Waals surface area contributed by atoms with Crippen LogP contribution in [0.1, 0.15) is 40.7 Å². The molecule has 1 aromatic heterocycles. The average molecular weight is 398 g/mol. The van der Waals surface area contributed by atoms with Crippen LogP contribution in [0, 0.1) is 0 Å². The molecule has 1 aliphatic rings. The second-order valence-electron chi connectivity index (χ2n) is 7.19. The lowest BCUT2D eigenvalue weighted by molar-refractivity contribution is -0.166. The van der Waals surface area contributed by atoms with Gasteiger partial charge in [0, 0.05) is 6.07 Å². The van der Waals surface area contributed by atoms with Crippen LogP contribution in [-0.2, 0) is 9.31 Å². The Morgan fingerprint density at radius 1 is 1.22 bits per heavy atom. The van der Waals surface area contributed by atoms with Crippen LogP contribution in [0.3, 0.4) is 0 Å². The molecule has 152 valence electrons. The highest BCUT2D eigenvalue weighted by Gasteiger charge is 2.53. The molecule has 0 N–H and O–H groups in total. The summed E-state index contributed by atoms with van der Waals surface area (Å²) in [5.74, 6) is -0.689. The molecule has 2 heterocycles. The van der Waals surface area contributed by atoms with Gasteiger partial charge < -0.3 is 14.0 Å². The normalized spacial score (nSPS) is 20.2. The summed E-state index contributed by atoms with van der Waals surface area (Å²) in [7, 11) is -1.20. The van der Waals surface area contributed by atoms with Crippen molar-refractivity contribution < 1.29 is 36.0 Å². The van der Waals surface area contributed by atoms with Gasteiger partial charge in [-0.05, 0) is 34.6 Å². The molecule has 1 fully saturated rings. The zero-order chi connectivity index (χ0) is 20.8. The van der Waals surface area contributed by atoms with Crippen molar-refractivity contribution >= 4 is 12.7 Å². The van der Waals surface area contributed by atoms with E-state index >= 15 is 0 Å². The summed E-state index contributed by atoms with van der Waals surface area (Å²) in [5, 5.41) is 3.71. The highest BCUT2D eigenvalue weighted by Crippen LogP contribution is 2.36. The third kappa shape index (κ3) is 4.42. The smallest absolute Gasteiger partial charge is 0.482 e. The molecule has 0 unspecified atom stereocenters. The first-order chi connectivity index (χ1) is 12.2. The van der Waals surface area contributed by atoms with E-state index in [9.17, 15) is 26.7 Å². The molecule has 0 bridgehead atoms. The molecule has 0 spiro atoms. The van der Waals surface area contributed by atoms with Crippen LogP contribution in [0.4, 0.5) is 22.0 Å². The van der Waals surface area contributed by atoms with E-state index in [2.05, 4.69) is 5.10 Å². The Labute approximate surface area is 152 Å². The third-order valence-corrected chi connectivity index (χ3v) is 4.62. The molecule has 0 saturated carbocycles. The monoisotopic (exact) mass is 398 g/mol. The number of nitrogens with zero attached hydrogens (tertiary/aromatic N) is 2. The first-order valence-electron chi connectivity index (χ1n) is 8.13. The minimum atomic E-state index is -4.79. The maximum atomic E-state index is 13.1. The fraction of sp³-hybridized carbons (Fsp3) is 0.733. The Hall–Kier alpha value is -1.69. The maximum absolute atomic E-state index is 13.1. The fourth-order valence-electron chi connectivity index (χ4n) is 2.24. The van der Waals surface area contributed by atoms with Crippen LogP contribution in [-0.4, -0.2) is 47.3 Å². The Morgan fingerprint density at radius 3 is 2.19 bits per heavy atom. The molecule has 0 aliphatic carbocycles. The van der Waals surface area contributed by atoms with E-state index in [1.165, 1.54) is 0 Å². The molecular weight excluding hydrogens is 378 g/mol. The van der Waals surface area contributed by atoms with E-state index in [4.69, 9.17) is 14.0 Å². The van der Waals surface area contributed by atoms with Crippen LogP contribution >= 0.6 is 0 Å². The number of halogens is 5. The molecule has 2 rings (SSSR count). The van der Waals surface area contributed by atoms with Gasteiger partial charge in [0.2, 0.25) is 0 Å². The number of hydrogen-bond donors (Lipinski definition) is 0. The van der Waals surface area contributed by atoms with E-state index < -0.39 is 54.9 Å². The van der Waals surface area contributed by atoms with Crippen molar-refractivity contribution in [1.29, 1.82) is 0 Å². The lowest BCUT2D eigenvalue weighted by Gasteiger charge is -2.32. The second kappa shape index (κ2) is 7.04. The Balaban J connectivity index is 2.52. The number of rotatable bonds is 5. The van der Waals surface area contributed by atoms with Crippen molar-refractivity contribution in [3.8, 4) is 5.75 Å². The van der Waals surface area contributed by atoms with Crippen molar-refractivity contribution in [1.82, 2.24) is 9.78 Å². The highest BCUT2D eigenvalue weighted by molar-refractivity contribution is 6.61. The van der Waals surface area contributed by atoms with Crippen molar-refractivity contribution in [3.63, 3.8) is 0 Å². The quantitative estimate of drug-likeness (QED) is 0.563. The van der Waals surface area contributed by atoms with Crippen LogP contribution in [0.2, 0.25) is 0 Å². The molecule has 27 heavy (non-hydrogen) atoms. The van der Waals surface area contributed by atoms with E-state index in [0.29, 0.717) is 0 Å². The summed E-state index contributed by atoms with van der Waals surface area (Å²) >= 11 is 0. The molecule has 1 saturated heterocycles. The minimum absolute atomic E-state index is 0.140. The van der Waals surface area contributed by atoms with Crippen LogP contribution in [0.15, 0.2) is 10.9 Å². The summed E-state index contributed by atoms with van der Waals surface area (Å²) in [6.45, 7) is 6.44. The molecule has 0 radical (unpaired) electrons. The molecule has 0 amide bonds. The van der Waals surface area contributed by atoms with Gasteiger partial charge in [-0.15, -0.1) is 0 Å². The summed E-state index contributed by atoms with van der Waals surface area (Å²) < 4.78 is 80.4. The van der Waals surface area contributed by atoms with Gasteiger partial charge >= 0.3 is 18.9 Å². The van der Waals surface area contributed by atoms with Crippen LogP contribution in [0.5, 0.6) is 5.75 Å². The van der Waals surface area contributed by atoms with Crippen LogP contribution < -0.4 is 15.9 Å². The van der Waals surface area contributed by atoms with Crippen molar-refractivity contribution in [2.45, 2.75) is 64.5 Å². The molecular formula is C15H20BF5N2O4. The topological polar surface area (TPSA) is 62.6 Å². The lowest BCUT2D eigenvalue weighted by Crippen LogP contribution is -2.44. The Morgan fingerprint density at radius 2 is 1.74 bits per heavy atom. The third-order valence-electron chi connectivity index (χ3n) is 4.62. The SMILES string of the molecule is C[C@H](n1nc(B2OC(C)(C)C(C)(C)O2)cc(OCC(F)F)c1=O)C(F)(F)F. The first-order valence-corrected chi connectivity index (χ1v) is 8.13. The maximum Gasteiger partial charge on any atom is 0.516 e. The van der Waals surface area contributed by atoms with Crippen molar-refractivity contribution in [2.24, 2.45) is 0 Å². The molecule has 1 aliphatic heterocycles. The summed E-state index contributed by atoms with van der Waals surface area (Å²) in [6.07, 6.45) is -7.70. The zero-order valence-corrected chi connectivity index (χ0v) is 15.4. The molecule has 6 nitrogen and oxygen atoms in total. The van der Waals surface area contributed by atoms with Gasteiger partial charge in [-0.2, -0.15) is 18.3 Å². The standard InChI is InChI=1S/C15H20BF5N2O4/c1-8(15(19,20)21)23-12(24)9(25-7-11(17)18)6-10(22-23)16-26-13(2,3)14(4,5)27-16/h6,8,11H,7H2,1-5H3/t8-/m0/s1. The van der Waals surface area contributed by atoms with Gasteiger partial charge in [0.25, 0.3) is 6.43 Å². The van der Waals surface area contributed by atoms with E-state index in [1.54, 1.807) is 27.7 Å². The van der Waals surface area contributed by atoms with Gasteiger partial charge in [-0.25, -0.2) is 13.5 Å². The predicted molar refractivity (Wildman–Crippen MR) is 86.5 cm³/mol. The number of ether oxygens (including phenoxy) is 1. The lowest BCUT2D eigenvalue weighted by atomic mass is 9.84. The van der Waals surface area contributed by atoms with Gasteiger partial charge in [-0.1, -0.05) is 0 Å². The number of hydrogen-bond acceptors (Lipinski definition) is 5. The summed E-state index contributed by atoms with van der Waals surface area (Å²) in [5.41, 5.74) is -3.10. The second-order valence-corrected chi connectivity index (χ2v) is 7.19. The first kappa shape index (κ1) is 21.6. The average Bonchev–Trinajstić information content (AvgIpc) is 2.72. The van der Waals surface area contributed by atoms with Crippen LogP contribution in [0.25, 0.3) is 0 Å². The number of aromatic nitrogens is 2. The predicted octanol–water partition coefficient (Wildman–Crippen LogP) is 2.31. The molecule has 1 aromatic rings. The van der Waals surface area contributed by atoms with Gasteiger partial charge in [0.15, 0.2) is 5.75 Å². The summed E-state index contributed by atoms with van der Waals surface area (Å²) in [4.78, 5) is 12.2. The fourth-order valence-corrected chi connectivity index (χ4v) is 2.24. The van der Waals surface area contributed by atoms with Crippen molar-refractivity contribution in [2.75, 3.05) is 6.61 Å². The van der Waals surface area contributed by atoms with Gasteiger partial charge in [0.05, 0.1) is 16.8 Å². The van der Waals surface area contributed by atoms with E-state index in [1.807, 2.05) is 0 Å². The molecule has 12 heteroatoms. The molecule has 0 aromatic carbocycles. The van der Waals surface area contributed by atoms with E-state index in [-0.39, 0.29) is 10.3 Å². The van der Waals surface area contributed by atoms with Gasteiger partial charge in [-0.3, -0.25) is 4.79 Å². The molecule has 1 atom stereocenters. The largest absolute Gasteiger partial charge is 0.516 e.